The predicted octanol–water partition coefficient (Wildman–Crippen LogP) is 3.13. The molecule has 2 aromatic carbocycles. The Hall–Kier alpha value is -2.60. The van der Waals surface area contributed by atoms with Crippen LogP contribution >= 0.6 is 11.6 Å². The summed E-state index contributed by atoms with van der Waals surface area (Å²) in [5.41, 5.74) is 1.98. The van der Waals surface area contributed by atoms with Crippen molar-refractivity contribution in [1.82, 2.24) is 5.32 Å². The molecule has 0 spiro atoms. The number of rotatable bonds is 10. The van der Waals surface area contributed by atoms with Gasteiger partial charge in [0, 0.05) is 36.6 Å². The van der Waals surface area contributed by atoms with E-state index in [9.17, 15) is 19.1 Å². The molecule has 0 radical (unpaired) electrons. The van der Waals surface area contributed by atoms with E-state index in [-0.39, 0.29) is 13.0 Å². The Morgan fingerprint density at radius 2 is 1.74 bits per heavy atom. The van der Waals surface area contributed by atoms with Crippen molar-refractivity contribution in [2.75, 3.05) is 30.5 Å². The van der Waals surface area contributed by atoms with E-state index in [1.54, 1.807) is 54.6 Å². The molecule has 2 rings (SSSR count). The highest BCUT2D eigenvalue weighted by Gasteiger charge is 2.21. The van der Waals surface area contributed by atoms with Crippen LogP contribution in [0.1, 0.15) is 15.9 Å². The summed E-state index contributed by atoms with van der Waals surface area (Å²) in [5, 5.41) is 12.0. The second-order valence-electron chi connectivity index (χ2n) is 5.97. The van der Waals surface area contributed by atoms with Gasteiger partial charge in [0.1, 0.15) is 12.7 Å². The highest BCUT2D eigenvalue weighted by Crippen LogP contribution is 2.16. The SMILES string of the molecule is O=C(NC(Cc1ccc(N(CCF)CCCl)cc1)C(=O)O)c1ccccc1. The Balaban J connectivity index is 2.05. The number of anilines is 1. The molecule has 5 nitrogen and oxygen atoms in total. The quantitative estimate of drug-likeness (QED) is 0.609. The smallest absolute Gasteiger partial charge is 0.326 e. The first-order valence-corrected chi connectivity index (χ1v) is 9.13. The minimum absolute atomic E-state index is 0.146. The lowest BCUT2D eigenvalue weighted by atomic mass is 10.0. The molecule has 0 saturated carbocycles. The minimum atomic E-state index is -1.11. The van der Waals surface area contributed by atoms with Crippen LogP contribution in [0, 0.1) is 0 Å². The number of hydrogen-bond donors (Lipinski definition) is 2. The first-order chi connectivity index (χ1) is 13.0. The van der Waals surface area contributed by atoms with Crippen molar-refractivity contribution in [1.29, 1.82) is 0 Å². The molecular formula is C20H22ClFN2O3. The molecule has 0 saturated heterocycles. The number of halogens is 2. The van der Waals surface area contributed by atoms with Crippen molar-refractivity contribution in [3.05, 3.63) is 65.7 Å². The lowest BCUT2D eigenvalue weighted by Gasteiger charge is -2.23. The molecule has 0 fully saturated rings. The Kier molecular flexibility index (Phi) is 8.07. The third-order valence-electron chi connectivity index (χ3n) is 4.09. The van der Waals surface area contributed by atoms with Crippen LogP contribution in [0.4, 0.5) is 10.1 Å². The molecular weight excluding hydrogens is 371 g/mol. The second kappa shape index (κ2) is 10.5. The number of benzene rings is 2. The number of aliphatic carboxylic acids is 1. The predicted molar refractivity (Wildman–Crippen MR) is 104 cm³/mol. The molecule has 1 unspecified atom stereocenters. The number of carboxylic acids is 1. The van der Waals surface area contributed by atoms with Gasteiger partial charge in [0.2, 0.25) is 0 Å². The van der Waals surface area contributed by atoms with E-state index < -0.39 is 24.6 Å². The number of nitrogens with one attached hydrogen (secondary N) is 1. The summed E-state index contributed by atoms with van der Waals surface area (Å²) in [6.45, 7) is 0.290. The molecule has 27 heavy (non-hydrogen) atoms. The van der Waals surface area contributed by atoms with Gasteiger partial charge in [-0.3, -0.25) is 4.79 Å². The van der Waals surface area contributed by atoms with E-state index in [0.717, 1.165) is 11.3 Å². The van der Waals surface area contributed by atoms with Gasteiger partial charge in [-0.15, -0.1) is 11.6 Å². The van der Waals surface area contributed by atoms with E-state index in [4.69, 9.17) is 11.6 Å². The van der Waals surface area contributed by atoms with E-state index >= 15 is 0 Å². The molecule has 1 atom stereocenters. The van der Waals surface area contributed by atoms with Gasteiger partial charge in [0.15, 0.2) is 0 Å². The average molecular weight is 393 g/mol. The van der Waals surface area contributed by atoms with Crippen molar-refractivity contribution in [3.63, 3.8) is 0 Å². The Labute approximate surface area is 162 Å². The van der Waals surface area contributed by atoms with E-state index in [1.165, 1.54) is 0 Å². The molecule has 0 aliphatic carbocycles. The third kappa shape index (κ3) is 6.25. The van der Waals surface area contributed by atoms with Crippen molar-refractivity contribution < 1.29 is 19.1 Å². The zero-order valence-electron chi connectivity index (χ0n) is 14.8. The van der Waals surface area contributed by atoms with Gasteiger partial charge in [-0.25, -0.2) is 9.18 Å². The summed E-state index contributed by atoms with van der Waals surface area (Å²) in [6, 6.07) is 14.6. The van der Waals surface area contributed by atoms with E-state index in [0.29, 0.717) is 18.0 Å². The van der Waals surface area contributed by atoms with Gasteiger partial charge < -0.3 is 15.3 Å². The molecule has 1 amide bonds. The van der Waals surface area contributed by atoms with Crippen LogP contribution in [0.3, 0.4) is 0 Å². The fraction of sp³-hybridized carbons (Fsp3) is 0.300. The van der Waals surface area contributed by atoms with Crippen LogP contribution in [0.15, 0.2) is 54.6 Å². The number of carboxylic acid groups (broad SMARTS) is 1. The first kappa shape index (κ1) is 20.7. The number of nitrogens with zero attached hydrogens (tertiary/aromatic N) is 1. The summed E-state index contributed by atoms with van der Waals surface area (Å²) in [4.78, 5) is 25.6. The van der Waals surface area contributed by atoms with Crippen LogP contribution in [0.2, 0.25) is 0 Å². The molecule has 0 bridgehead atoms. The maximum atomic E-state index is 12.7. The van der Waals surface area contributed by atoms with Crippen LogP contribution < -0.4 is 10.2 Å². The molecule has 0 aromatic heterocycles. The summed E-state index contributed by atoms with van der Waals surface area (Å²) >= 11 is 5.75. The topological polar surface area (TPSA) is 69.6 Å². The molecule has 7 heteroatoms. The van der Waals surface area contributed by atoms with Gasteiger partial charge >= 0.3 is 5.97 Å². The summed E-state index contributed by atoms with van der Waals surface area (Å²) < 4.78 is 12.7. The van der Waals surface area contributed by atoms with Crippen molar-refractivity contribution in [3.8, 4) is 0 Å². The lowest BCUT2D eigenvalue weighted by molar-refractivity contribution is -0.139. The van der Waals surface area contributed by atoms with Gasteiger partial charge in [-0.05, 0) is 29.8 Å². The lowest BCUT2D eigenvalue weighted by Crippen LogP contribution is -2.42. The number of carbonyl (C=O) groups is 2. The van der Waals surface area contributed by atoms with Crippen molar-refractivity contribution in [2.24, 2.45) is 0 Å². The minimum Gasteiger partial charge on any atom is -0.480 e. The highest BCUT2D eigenvalue weighted by molar-refractivity contribution is 6.18. The monoisotopic (exact) mass is 392 g/mol. The number of amides is 1. The van der Waals surface area contributed by atoms with Gasteiger partial charge in [-0.1, -0.05) is 30.3 Å². The first-order valence-electron chi connectivity index (χ1n) is 8.59. The van der Waals surface area contributed by atoms with Crippen molar-refractivity contribution >= 4 is 29.2 Å². The van der Waals surface area contributed by atoms with Gasteiger partial charge in [-0.2, -0.15) is 0 Å². The number of carbonyl (C=O) groups excluding carboxylic acids is 1. The molecule has 144 valence electrons. The summed E-state index contributed by atoms with van der Waals surface area (Å²) in [5.74, 6) is -1.16. The second-order valence-corrected chi connectivity index (χ2v) is 6.34. The van der Waals surface area contributed by atoms with Crippen LogP contribution in [0.5, 0.6) is 0 Å². The van der Waals surface area contributed by atoms with Crippen LogP contribution in [-0.2, 0) is 11.2 Å². The van der Waals surface area contributed by atoms with E-state index in [2.05, 4.69) is 5.32 Å². The summed E-state index contributed by atoms with van der Waals surface area (Å²) in [7, 11) is 0. The Morgan fingerprint density at radius 1 is 1.07 bits per heavy atom. The maximum Gasteiger partial charge on any atom is 0.326 e. The van der Waals surface area contributed by atoms with E-state index in [1.807, 2.05) is 4.90 Å². The average Bonchev–Trinajstić information content (AvgIpc) is 2.68. The zero-order chi connectivity index (χ0) is 19.6. The largest absolute Gasteiger partial charge is 0.480 e. The molecule has 2 aromatic rings. The van der Waals surface area contributed by atoms with Gasteiger partial charge in [0.05, 0.1) is 0 Å². The van der Waals surface area contributed by atoms with Crippen LogP contribution in [0.25, 0.3) is 0 Å². The van der Waals surface area contributed by atoms with Gasteiger partial charge in [0.25, 0.3) is 5.91 Å². The fourth-order valence-corrected chi connectivity index (χ4v) is 2.89. The normalized spacial score (nSPS) is 11.6. The van der Waals surface area contributed by atoms with Crippen LogP contribution in [-0.4, -0.2) is 48.7 Å². The maximum absolute atomic E-state index is 12.7. The molecule has 2 N–H and O–H groups in total. The standard InChI is InChI=1S/C20H22ClFN2O3/c21-10-12-24(13-11-22)17-8-6-15(7-9-17)14-18(20(26)27)23-19(25)16-4-2-1-3-5-16/h1-9,18H,10-14H2,(H,23,25)(H,26,27). The Morgan fingerprint density at radius 3 is 2.30 bits per heavy atom. The summed E-state index contributed by atoms with van der Waals surface area (Å²) in [6.07, 6.45) is 0.146. The molecule has 0 heterocycles. The Bertz CT molecular complexity index is 735. The number of alkyl halides is 2. The highest BCUT2D eigenvalue weighted by atomic mass is 35.5. The zero-order valence-corrected chi connectivity index (χ0v) is 15.5. The molecule has 0 aliphatic heterocycles. The number of hydrogen-bond acceptors (Lipinski definition) is 3. The fourth-order valence-electron chi connectivity index (χ4n) is 2.68. The third-order valence-corrected chi connectivity index (χ3v) is 4.26. The van der Waals surface area contributed by atoms with Crippen molar-refractivity contribution in [2.45, 2.75) is 12.5 Å². The molecule has 0 aliphatic rings.